The van der Waals surface area contributed by atoms with Gasteiger partial charge in [-0.2, -0.15) is 0 Å². The van der Waals surface area contributed by atoms with Crippen LogP contribution < -0.4 is 4.74 Å². The first kappa shape index (κ1) is 22.8. The molecule has 0 fully saturated rings. The number of hydrogen-bond donors (Lipinski definition) is 7. The first-order valence-corrected chi connectivity index (χ1v) is 11.0. The maximum Gasteiger partial charge on any atom is 0.157 e. The molecule has 5 rings (SSSR count). The Hall–Kier alpha value is -4.98. The van der Waals surface area contributed by atoms with Crippen LogP contribution in [-0.4, -0.2) is 35.7 Å². The van der Waals surface area contributed by atoms with Crippen LogP contribution in [0.3, 0.4) is 0 Å². The van der Waals surface area contributed by atoms with Crippen LogP contribution in [0, 0.1) is 0 Å². The Balaban J connectivity index is 1.68. The van der Waals surface area contributed by atoms with Gasteiger partial charge in [-0.3, -0.25) is 0 Å². The lowest BCUT2D eigenvalue weighted by Gasteiger charge is -2.21. The smallest absolute Gasteiger partial charge is 0.157 e. The van der Waals surface area contributed by atoms with Crippen LogP contribution in [0.5, 0.6) is 46.0 Å². The number of aromatic hydroxyl groups is 7. The molecule has 4 aromatic carbocycles. The summed E-state index contributed by atoms with van der Waals surface area (Å²) in [6, 6.07) is 15.8. The predicted molar refractivity (Wildman–Crippen MR) is 132 cm³/mol. The number of fused-ring (bicyclic) bond motifs is 1. The van der Waals surface area contributed by atoms with E-state index >= 15 is 0 Å². The van der Waals surface area contributed by atoms with E-state index in [0.29, 0.717) is 33.6 Å². The first-order valence-electron chi connectivity index (χ1n) is 11.0. The van der Waals surface area contributed by atoms with Gasteiger partial charge in [0, 0.05) is 17.7 Å². The molecule has 36 heavy (non-hydrogen) atoms. The molecule has 182 valence electrons. The number of ether oxygens (including phenoxy) is 1. The molecule has 4 aromatic rings. The second-order valence-electron chi connectivity index (χ2n) is 8.58. The SMILES string of the molecule is Oc1cc(O)cc([C@@H]2c3c(/C=C\c4ccc(O)c(O)c4)cc(O)cc3O[C@H]2c2ccc(O)c(O)c2)c1. The average molecular weight is 486 g/mol. The number of phenols is 7. The fraction of sp³-hybridized carbons (Fsp3) is 0.0714. The molecular weight excluding hydrogens is 464 g/mol. The topological polar surface area (TPSA) is 151 Å². The zero-order chi connectivity index (χ0) is 25.6. The van der Waals surface area contributed by atoms with Crippen LogP contribution in [0.2, 0.25) is 0 Å². The summed E-state index contributed by atoms with van der Waals surface area (Å²) in [6.07, 6.45) is 2.66. The summed E-state index contributed by atoms with van der Waals surface area (Å²) >= 11 is 0. The van der Waals surface area contributed by atoms with Crippen LogP contribution in [0.25, 0.3) is 12.2 Å². The summed E-state index contributed by atoms with van der Waals surface area (Å²) in [7, 11) is 0. The summed E-state index contributed by atoms with van der Waals surface area (Å²) < 4.78 is 6.22. The molecule has 0 bridgehead atoms. The fourth-order valence-corrected chi connectivity index (χ4v) is 4.50. The van der Waals surface area contributed by atoms with Gasteiger partial charge in [0.1, 0.15) is 29.1 Å². The lowest BCUT2D eigenvalue weighted by Crippen LogP contribution is -2.12. The molecule has 7 N–H and O–H groups in total. The molecule has 0 unspecified atom stereocenters. The van der Waals surface area contributed by atoms with E-state index < -0.39 is 12.0 Å². The third-order valence-electron chi connectivity index (χ3n) is 6.09. The molecule has 1 aliphatic heterocycles. The van der Waals surface area contributed by atoms with Gasteiger partial charge < -0.3 is 40.5 Å². The molecular formula is C28H22O8. The zero-order valence-corrected chi connectivity index (χ0v) is 18.7. The van der Waals surface area contributed by atoms with Crippen molar-refractivity contribution < 1.29 is 40.5 Å². The van der Waals surface area contributed by atoms with Gasteiger partial charge in [0.05, 0.1) is 5.92 Å². The highest BCUT2D eigenvalue weighted by molar-refractivity contribution is 5.76. The monoisotopic (exact) mass is 486 g/mol. The molecule has 8 heteroatoms. The molecule has 8 nitrogen and oxygen atoms in total. The Morgan fingerprint density at radius 1 is 0.556 bits per heavy atom. The van der Waals surface area contributed by atoms with E-state index in [1.54, 1.807) is 24.3 Å². The second-order valence-corrected chi connectivity index (χ2v) is 8.58. The van der Waals surface area contributed by atoms with Gasteiger partial charge in [-0.15, -0.1) is 0 Å². The minimum absolute atomic E-state index is 0.0614. The zero-order valence-electron chi connectivity index (χ0n) is 18.7. The van der Waals surface area contributed by atoms with Crippen LogP contribution in [0.1, 0.15) is 39.8 Å². The highest BCUT2D eigenvalue weighted by Crippen LogP contribution is 2.53. The molecule has 1 aliphatic rings. The number of benzene rings is 4. The average Bonchev–Trinajstić information content (AvgIpc) is 3.20. The lowest BCUT2D eigenvalue weighted by atomic mass is 9.82. The molecule has 0 aliphatic carbocycles. The first-order chi connectivity index (χ1) is 17.2. The molecule has 0 aromatic heterocycles. The van der Waals surface area contributed by atoms with Crippen LogP contribution in [0.15, 0.2) is 66.7 Å². The van der Waals surface area contributed by atoms with E-state index in [4.69, 9.17) is 4.74 Å². The minimum Gasteiger partial charge on any atom is -0.508 e. The van der Waals surface area contributed by atoms with Crippen molar-refractivity contribution in [2.24, 2.45) is 0 Å². The van der Waals surface area contributed by atoms with Crippen LogP contribution >= 0.6 is 0 Å². The highest BCUT2D eigenvalue weighted by Gasteiger charge is 2.39. The Morgan fingerprint density at radius 2 is 1.19 bits per heavy atom. The normalized spacial score (nSPS) is 16.7. The summed E-state index contributed by atoms with van der Waals surface area (Å²) in [4.78, 5) is 0. The van der Waals surface area contributed by atoms with Gasteiger partial charge in [-0.05, 0) is 64.7 Å². The predicted octanol–water partition coefficient (Wildman–Crippen LogP) is 5.06. The van der Waals surface area contributed by atoms with Crippen molar-refractivity contribution in [1.29, 1.82) is 0 Å². The van der Waals surface area contributed by atoms with E-state index in [1.165, 1.54) is 54.6 Å². The van der Waals surface area contributed by atoms with E-state index in [-0.39, 0.29) is 40.2 Å². The van der Waals surface area contributed by atoms with Crippen molar-refractivity contribution in [2.75, 3.05) is 0 Å². The molecule has 0 saturated heterocycles. The molecule has 0 saturated carbocycles. The van der Waals surface area contributed by atoms with Gasteiger partial charge in [0.25, 0.3) is 0 Å². The molecule has 2 atom stereocenters. The number of phenolic OH excluding ortho intramolecular Hbond substituents is 7. The van der Waals surface area contributed by atoms with E-state index in [0.717, 1.165) is 0 Å². The van der Waals surface area contributed by atoms with Gasteiger partial charge in [0.15, 0.2) is 23.0 Å². The van der Waals surface area contributed by atoms with Crippen molar-refractivity contribution in [3.8, 4) is 46.0 Å². The summed E-state index contributed by atoms with van der Waals surface area (Å²) in [5.74, 6) is -1.75. The number of rotatable bonds is 4. The second kappa shape index (κ2) is 8.66. The Bertz CT molecular complexity index is 1490. The lowest BCUT2D eigenvalue weighted by molar-refractivity contribution is 0.221. The van der Waals surface area contributed by atoms with E-state index in [2.05, 4.69) is 0 Å². The quantitative estimate of drug-likeness (QED) is 0.156. The van der Waals surface area contributed by atoms with E-state index in [9.17, 15) is 35.7 Å². The van der Waals surface area contributed by atoms with Crippen molar-refractivity contribution in [2.45, 2.75) is 12.0 Å². The molecule has 0 spiro atoms. The molecule has 1 heterocycles. The summed E-state index contributed by atoms with van der Waals surface area (Å²) in [5, 5.41) is 70.0. The maximum absolute atomic E-state index is 10.4. The van der Waals surface area contributed by atoms with Crippen molar-refractivity contribution in [3.05, 3.63) is 94.5 Å². The van der Waals surface area contributed by atoms with Crippen LogP contribution in [0.4, 0.5) is 0 Å². The third-order valence-corrected chi connectivity index (χ3v) is 6.09. The largest absolute Gasteiger partial charge is 0.508 e. The number of hydrogen-bond acceptors (Lipinski definition) is 8. The van der Waals surface area contributed by atoms with Gasteiger partial charge in [0.2, 0.25) is 0 Å². The highest BCUT2D eigenvalue weighted by atomic mass is 16.5. The molecule has 0 amide bonds. The summed E-state index contributed by atoms with van der Waals surface area (Å²) in [5.41, 5.74) is 2.84. The van der Waals surface area contributed by atoms with Gasteiger partial charge in [-0.25, -0.2) is 0 Å². The minimum atomic E-state index is -0.737. The van der Waals surface area contributed by atoms with E-state index in [1.807, 2.05) is 0 Å². The Morgan fingerprint density at radius 3 is 1.86 bits per heavy atom. The maximum atomic E-state index is 10.4. The van der Waals surface area contributed by atoms with Gasteiger partial charge in [-0.1, -0.05) is 24.3 Å². The Kier molecular flexibility index (Phi) is 5.49. The van der Waals surface area contributed by atoms with Crippen LogP contribution in [-0.2, 0) is 0 Å². The summed E-state index contributed by atoms with van der Waals surface area (Å²) in [6.45, 7) is 0. The van der Waals surface area contributed by atoms with Crippen molar-refractivity contribution >= 4 is 12.2 Å². The third kappa shape index (κ3) is 4.16. The fourth-order valence-electron chi connectivity index (χ4n) is 4.50. The van der Waals surface area contributed by atoms with Crippen molar-refractivity contribution in [3.63, 3.8) is 0 Å². The standard InChI is InChI=1S/C28H22O8/c29-18-9-17(10-19(30)12-18)27-26-15(3-1-14-2-5-21(32)23(34)7-14)8-20(31)13-25(26)36-28(27)16-4-6-22(33)24(35)11-16/h1-13,27-35H/b3-1-/t27-,28+/m1/s1. The van der Waals surface area contributed by atoms with Crippen molar-refractivity contribution in [1.82, 2.24) is 0 Å². The molecule has 0 radical (unpaired) electrons. The Labute approximate surface area is 205 Å². The van der Waals surface area contributed by atoms with Gasteiger partial charge >= 0.3 is 0 Å².